The third-order valence-corrected chi connectivity index (χ3v) is 8.56. The van der Waals surface area contributed by atoms with Crippen LogP contribution in [0.25, 0.3) is 0 Å². The van der Waals surface area contributed by atoms with E-state index >= 15 is 0 Å². The molecule has 4 aliphatic rings. The highest BCUT2D eigenvalue weighted by molar-refractivity contribution is 7.98. The van der Waals surface area contributed by atoms with E-state index in [4.69, 9.17) is 5.73 Å². The first-order valence-electron chi connectivity index (χ1n) is 12.0. The molecule has 176 valence electrons. The number of nitrogens with two attached hydrogens (primary N) is 1. The minimum absolute atomic E-state index is 0.0775. The van der Waals surface area contributed by atoms with E-state index in [0.717, 1.165) is 43.9 Å². The monoisotopic (exact) mass is 468 g/mol. The molecule has 0 aliphatic carbocycles. The lowest BCUT2D eigenvalue weighted by Crippen LogP contribution is -2.59. The SMILES string of the molecule is NC(=O)C1CCN(C(=O)[C@H]2CN3CCC2C[C@@H]3Cn2cc(CSc3ccccc3)nn2)CC1. The zero-order valence-corrected chi connectivity index (χ0v) is 19.7. The molecule has 0 radical (unpaired) electrons. The Bertz CT molecular complexity index is 974. The van der Waals surface area contributed by atoms with E-state index in [0.29, 0.717) is 37.9 Å². The number of hydrogen-bond acceptors (Lipinski definition) is 6. The molecule has 1 aromatic carbocycles. The maximum absolute atomic E-state index is 13.2. The van der Waals surface area contributed by atoms with Crippen molar-refractivity contribution in [2.24, 2.45) is 23.5 Å². The molecule has 1 aromatic heterocycles. The summed E-state index contributed by atoms with van der Waals surface area (Å²) in [5.74, 6) is 1.27. The van der Waals surface area contributed by atoms with Crippen molar-refractivity contribution in [2.45, 2.75) is 48.9 Å². The zero-order chi connectivity index (χ0) is 22.8. The van der Waals surface area contributed by atoms with Gasteiger partial charge in [-0.1, -0.05) is 23.4 Å². The molecule has 4 atom stereocenters. The molecule has 0 spiro atoms. The van der Waals surface area contributed by atoms with Gasteiger partial charge in [0.25, 0.3) is 0 Å². The number of rotatable bonds is 7. The van der Waals surface area contributed by atoms with Gasteiger partial charge in [0.05, 0.1) is 18.2 Å². The first kappa shape index (κ1) is 22.4. The summed E-state index contributed by atoms with van der Waals surface area (Å²) in [6.45, 7) is 4.01. The van der Waals surface area contributed by atoms with Gasteiger partial charge in [-0.25, -0.2) is 0 Å². The topological polar surface area (TPSA) is 97.3 Å². The van der Waals surface area contributed by atoms with Crippen LogP contribution in [0.1, 0.15) is 31.4 Å². The van der Waals surface area contributed by atoms with Crippen molar-refractivity contribution < 1.29 is 9.59 Å². The first-order valence-corrected chi connectivity index (χ1v) is 12.9. The number of primary amides is 1. The van der Waals surface area contributed by atoms with Crippen LogP contribution in [-0.4, -0.2) is 68.8 Å². The van der Waals surface area contributed by atoms with Gasteiger partial charge in [-0.3, -0.25) is 19.2 Å². The largest absolute Gasteiger partial charge is 0.369 e. The number of nitrogens with zero attached hydrogens (tertiary/aromatic N) is 5. The highest BCUT2D eigenvalue weighted by Gasteiger charge is 2.45. The minimum atomic E-state index is -0.234. The van der Waals surface area contributed by atoms with Gasteiger partial charge in [0.2, 0.25) is 11.8 Å². The maximum Gasteiger partial charge on any atom is 0.227 e. The summed E-state index contributed by atoms with van der Waals surface area (Å²) < 4.78 is 1.97. The van der Waals surface area contributed by atoms with E-state index in [9.17, 15) is 9.59 Å². The van der Waals surface area contributed by atoms with Gasteiger partial charge in [0.15, 0.2) is 0 Å². The van der Waals surface area contributed by atoms with Gasteiger partial charge in [-0.05, 0) is 50.3 Å². The number of carbonyl (C=O) groups excluding carboxylic acids is 2. The summed E-state index contributed by atoms with van der Waals surface area (Å²) in [6, 6.07) is 10.7. The molecule has 2 bridgehead atoms. The molecule has 33 heavy (non-hydrogen) atoms. The maximum atomic E-state index is 13.2. The predicted molar refractivity (Wildman–Crippen MR) is 126 cm³/mol. The molecule has 4 aliphatic heterocycles. The van der Waals surface area contributed by atoms with E-state index in [-0.39, 0.29) is 23.7 Å². The second-order valence-corrected chi connectivity index (χ2v) is 10.6. The van der Waals surface area contributed by atoms with E-state index in [1.165, 1.54) is 4.90 Å². The third-order valence-electron chi connectivity index (χ3n) is 7.52. The normalized spacial score (nSPS) is 27.6. The van der Waals surface area contributed by atoms with Crippen molar-refractivity contribution in [1.82, 2.24) is 24.8 Å². The Morgan fingerprint density at radius 2 is 1.88 bits per heavy atom. The summed E-state index contributed by atoms with van der Waals surface area (Å²) in [4.78, 5) is 30.3. The lowest BCUT2D eigenvalue weighted by Gasteiger charge is -2.50. The van der Waals surface area contributed by atoms with Crippen LogP contribution in [0.5, 0.6) is 0 Å². The molecule has 5 heterocycles. The number of likely N-dealkylation sites (tertiary alicyclic amines) is 1. The van der Waals surface area contributed by atoms with Gasteiger partial charge in [0, 0.05) is 48.4 Å². The van der Waals surface area contributed by atoms with E-state index in [2.05, 4.69) is 33.5 Å². The lowest BCUT2D eigenvalue weighted by atomic mass is 9.74. The smallest absolute Gasteiger partial charge is 0.227 e. The number of hydrogen-bond donors (Lipinski definition) is 1. The van der Waals surface area contributed by atoms with Gasteiger partial charge >= 0.3 is 0 Å². The molecule has 9 heteroatoms. The molecule has 2 unspecified atom stereocenters. The fourth-order valence-corrected chi connectivity index (χ4v) is 6.41. The fourth-order valence-electron chi connectivity index (χ4n) is 5.61. The summed E-state index contributed by atoms with van der Waals surface area (Å²) in [6.07, 6.45) is 5.57. The van der Waals surface area contributed by atoms with E-state index in [1.807, 2.05) is 27.8 Å². The van der Waals surface area contributed by atoms with Crippen LogP contribution in [-0.2, 0) is 21.9 Å². The Morgan fingerprint density at radius 3 is 2.58 bits per heavy atom. The molecule has 2 aromatic rings. The molecular formula is C24H32N6O2S. The van der Waals surface area contributed by atoms with Crippen LogP contribution < -0.4 is 5.73 Å². The first-order chi connectivity index (χ1) is 16.1. The van der Waals surface area contributed by atoms with Crippen LogP contribution in [0.4, 0.5) is 0 Å². The standard InChI is InChI=1S/C24H32N6O2S/c25-23(31)17-6-9-28(10-7-17)24(32)22-15-29-11-8-18(22)12-20(29)14-30-13-19(26-27-30)16-33-21-4-2-1-3-5-21/h1-5,13,17-18,20,22H,6-12,14-16H2,(H2,25,31)/t18?,20-,22+/m1/s1. The second-order valence-electron chi connectivity index (χ2n) is 9.58. The quantitative estimate of drug-likeness (QED) is 0.625. The Balaban J connectivity index is 1.13. The summed E-state index contributed by atoms with van der Waals surface area (Å²) in [5, 5.41) is 8.73. The number of carbonyl (C=O) groups is 2. The summed E-state index contributed by atoms with van der Waals surface area (Å²) in [5.41, 5.74) is 6.44. The highest BCUT2D eigenvalue weighted by atomic mass is 32.2. The summed E-state index contributed by atoms with van der Waals surface area (Å²) in [7, 11) is 0. The van der Waals surface area contributed by atoms with Crippen molar-refractivity contribution in [1.29, 1.82) is 0 Å². The van der Waals surface area contributed by atoms with Crippen molar-refractivity contribution in [2.75, 3.05) is 26.2 Å². The van der Waals surface area contributed by atoms with Gasteiger partial charge in [-0.15, -0.1) is 16.9 Å². The number of fused-ring (bicyclic) bond motifs is 3. The molecule has 8 nitrogen and oxygen atoms in total. The zero-order valence-electron chi connectivity index (χ0n) is 18.9. The molecule has 6 rings (SSSR count). The van der Waals surface area contributed by atoms with Crippen molar-refractivity contribution >= 4 is 23.6 Å². The van der Waals surface area contributed by atoms with Crippen LogP contribution in [0.15, 0.2) is 41.4 Å². The molecule has 2 amide bonds. The van der Waals surface area contributed by atoms with Crippen LogP contribution in [0.3, 0.4) is 0 Å². The number of amides is 2. The molecule has 4 saturated heterocycles. The van der Waals surface area contributed by atoms with Gasteiger partial charge in [0.1, 0.15) is 0 Å². The Morgan fingerprint density at radius 1 is 1.09 bits per heavy atom. The summed E-state index contributed by atoms with van der Waals surface area (Å²) >= 11 is 1.77. The van der Waals surface area contributed by atoms with E-state index in [1.54, 1.807) is 11.8 Å². The van der Waals surface area contributed by atoms with E-state index < -0.39 is 0 Å². The van der Waals surface area contributed by atoms with Crippen molar-refractivity contribution in [3.8, 4) is 0 Å². The minimum Gasteiger partial charge on any atom is -0.369 e. The average molecular weight is 469 g/mol. The Hall–Kier alpha value is -2.39. The van der Waals surface area contributed by atoms with Crippen molar-refractivity contribution in [3.63, 3.8) is 0 Å². The lowest BCUT2D eigenvalue weighted by molar-refractivity contribution is -0.146. The van der Waals surface area contributed by atoms with Gasteiger partial charge < -0.3 is 10.6 Å². The second kappa shape index (κ2) is 9.85. The number of thioether (sulfide) groups is 1. The van der Waals surface area contributed by atoms with Crippen LogP contribution in [0, 0.1) is 17.8 Å². The molecule has 0 saturated carbocycles. The van der Waals surface area contributed by atoms with Crippen molar-refractivity contribution in [3.05, 3.63) is 42.2 Å². The number of aromatic nitrogens is 3. The molecular weight excluding hydrogens is 436 g/mol. The number of benzene rings is 1. The molecule has 4 fully saturated rings. The predicted octanol–water partition coefficient (Wildman–Crippen LogP) is 2.00. The number of piperidine rings is 4. The van der Waals surface area contributed by atoms with Crippen LogP contribution >= 0.6 is 11.8 Å². The van der Waals surface area contributed by atoms with Crippen LogP contribution in [0.2, 0.25) is 0 Å². The fraction of sp³-hybridized carbons (Fsp3) is 0.583. The third kappa shape index (κ3) is 5.09. The van der Waals surface area contributed by atoms with Gasteiger partial charge in [-0.2, -0.15) is 0 Å². The highest BCUT2D eigenvalue weighted by Crippen LogP contribution is 2.38. The Labute approximate surface area is 198 Å². The average Bonchev–Trinajstić information content (AvgIpc) is 3.30. The Kier molecular flexibility index (Phi) is 6.69. The molecule has 2 N–H and O–H groups in total.